The number of carbonyl (C=O) groups is 2. The zero-order valence-electron chi connectivity index (χ0n) is 8.61. The number of amides is 1. The van der Waals surface area contributed by atoms with Crippen molar-refractivity contribution in [3.63, 3.8) is 0 Å². The van der Waals surface area contributed by atoms with Crippen LogP contribution in [0.1, 0.15) is 17.3 Å². The summed E-state index contributed by atoms with van der Waals surface area (Å²) in [6.45, 7) is 1.58. The minimum absolute atomic E-state index is 0.0251. The Morgan fingerprint density at radius 1 is 1.47 bits per heavy atom. The predicted molar refractivity (Wildman–Crippen MR) is 55.4 cm³/mol. The molecule has 4 heteroatoms. The van der Waals surface area contributed by atoms with E-state index in [1.54, 1.807) is 25.3 Å². The Bertz CT molecular complexity index is 439. The number of ether oxygens (including phenoxy) is 1. The highest BCUT2D eigenvalue weighted by Gasteiger charge is 2.29. The van der Waals surface area contributed by atoms with Crippen LogP contribution in [0.25, 0.3) is 0 Å². The van der Waals surface area contributed by atoms with E-state index in [2.05, 4.69) is 0 Å². The molecule has 0 saturated heterocycles. The van der Waals surface area contributed by atoms with Gasteiger partial charge in [-0.3, -0.25) is 9.59 Å². The van der Waals surface area contributed by atoms with Gasteiger partial charge in [0.25, 0.3) is 0 Å². The van der Waals surface area contributed by atoms with Gasteiger partial charge in [-0.15, -0.1) is 0 Å². The molecule has 1 aromatic rings. The fraction of sp³-hybridized carbons (Fsp3) is 0.273. The molecule has 0 spiro atoms. The maximum absolute atomic E-state index is 11.5. The maximum Gasteiger partial charge on any atom is 0.224 e. The molecule has 0 unspecified atom stereocenters. The van der Waals surface area contributed by atoms with Gasteiger partial charge in [-0.05, 0) is 12.1 Å². The molecule has 0 aromatic heterocycles. The molecule has 1 aliphatic rings. The van der Waals surface area contributed by atoms with Gasteiger partial charge in [0, 0.05) is 18.6 Å². The van der Waals surface area contributed by atoms with E-state index in [0.717, 1.165) is 0 Å². The molecule has 1 amide bonds. The molecule has 0 radical (unpaired) electrons. The summed E-state index contributed by atoms with van der Waals surface area (Å²) in [4.78, 5) is 24.3. The summed E-state index contributed by atoms with van der Waals surface area (Å²) in [6.07, 6.45) is 0. The number of carbonyl (C=O) groups excluding carboxylic acids is 2. The molecule has 1 aliphatic heterocycles. The molecule has 1 aromatic carbocycles. The van der Waals surface area contributed by atoms with E-state index in [1.165, 1.54) is 11.8 Å². The van der Waals surface area contributed by atoms with Crippen molar-refractivity contribution in [2.75, 3.05) is 18.6 Å². The second-order valence-electron chi connectivity index (χ2n) is 3.41. The van der Waals surface area contributed by atoms with Crippen molar-refractivity contribution in [2.24, 2.45) is 0 Å². The first-order chi connectivity index (χ1) is 7.13. The highest BCUT2D eigenvalue weighted by Crippen LogP contribution is 2.31. The van der Waals surface area contributed by atoms with Crippen molar-refractivity contribution in [1.82, 2.24) is 0 Å². The Labute approximate surface area is 87.4 Å². The van der Waals surface area contributed by atoms with Gasteiger partial charge < -0.3 is 9.64 Å². The minimum Gasteiger partial charge on any atom is -0.497 e. The highest BCUT2D eigenvalue weighted by molar-refractivity contribution is 6.15. The average Bonchev–Trinajstić information content (AvgIpc) is 2.56. The van der Waals surface area contributed by atoms with Gasteiger partial charge in [0.05, 0.1) is 19.3 Å². The Morgan fingerprint density at radius 2 is 2.20 bits per heavy atom. The van der Waals surface area contributed by atoms with Crippen LogP contribution < -0.4 is 9.64 Å². The molecule has 0 atom stereocenters. The fourth-order valence-electron chi connectivity index (χ4n) is 1.69. The summed E-state index contributed by atoms with van der Waals surface area (Å²) in [5.41, 5.74) is 1.23. The molecule has 0 aliphatic carbocycles. The van der Waals surface area contributed by atoms with Crippen LogP contribution in [-0.4, -0.2) is 25.3 Å². The van der Waals surface area contributed by atoms with E-state index in [-0.39, 0.29) is 18.2 Å². The van der Waals surface area contributed by atoms with Crippen molar-refractivity contribution in [3.05, 3.63) is 23.8 Å². The summed E-state index contributed by atoms with van der Waals surface area (Å²) in [7, 11) is 1.55. The number of hydrogen-bond acceptors (Lipinski definition) is 3. The van der Waals surface area contributed by atoms with Crippen LogP contribution >= 0.6 is 0 Å². The van der Waals surface area contributed by atoms with Crippen LogP contribution in [0.5, 0.6) is 5.75 Å². The number of methoxy groups -OCH3 is 1. The molecule has 0 saturated carbocycles. The SMILES string of the molecule is COc1ccc2c(c1)N(C(C)=O)CC2=O. The van der Waals surface area contributed by atoms with Gasteiger partial charge in [0.2, 0.25) is 5.91 Å². The van der Waals surface area contributed by atoms with E-state index in [4.69, 9.17) is 4.74 Å². The summed E-state index contributed by atoms with van der Waals surface area (Å²) in [5, 5.41) is 0. The Balaban J connectivity index is 2.52. The summed E-state index contributed by atoms with van der Waals surface area (Å²) >= 11 is 0. The minimum atomic E-state index is -0.129. The molecule has 0 N–H and O–H groups in total. The second kappa shape index (κ2) is 3.38. The predicted octanol–water partition coefficient (Wildman–Crippen LogP) is 1.24. The van der Waals surface area contributed by atoms with Crippen LogP contribution in [0, 0.1) is 0 Å². The van der Waals surface area contributed by atoms with Gasteiger partial charge in [-0.1, -0.05) is 0 Å². The quantitative estimate of drug-likeness (QED) is 0.693. The summed E-state index contributed by atoms with van der Waals surface area (Å²) in [6, 6.07) is 5.13. The fourth-order valence-corrected chi connectivity index (χ4v) is 1.69. The lowest BCUT2D eigenvalue weighted by Gasteiger charge is -2.13. The highest BCUT2D eigenvalue weighted by atomic mass is 16.5. The summed E-state index contributed by atoms with van der Waals surface area (Å²) < 4.78 is 5.05. The number of Topliss-reactive ketones (excluding diaryl/α,β-unsaturated/α-hetero) is 1. The summed E-state index contributed by atoms with van der Waals surface area (Å²) in [5.74, 6) is 0.493. The lowest BCUT2D eigenvalue weighted by molar-refractivity contribution is -0.116. The monoisotopic (exact) mass is 205 g/mol. The zero-order valence-corrected chi connectivity index (χ0v) is 8.61. The van der Waals surface area contributed by atoms with Gasteiger partial charge in [-0.2, -0.15) is 0 Å². The van der Waals surface area contributed by atoms with E-state index in [1.807, 2.05) is 0 Å². The lowest BCUT2D eigenvalue weighted by Crippen LogP contribution is -2.27. The molecule has 78 valence electrons. The van der Waals surface area contributed by atoms with Crippen LogP contribution in [0.4, 0.5) is 5.69 Å². The first-order valence-corrected chi connectivity index (χ1v) is 4.63. The number of hydrogen-bond donors (Lipinski definition) is 0. The zero-order chi connectivity index (χ0) is 11.0. The third-order valence-corrected chi connectivity index (χ3v) is 2.48. The average molecular weight is 205 g/mol. The lowest BCUT2D eigenvalue weighted by atomic mass is 10.1. The normalized spacial score (nSPS) is 14.0. The molecule has 4 nitrogen and oxygen atoms in total. The molecular weight excluding hydrogens is 194 g/mol. The van der Waals surface area contributed by atoms with Gasteiger partial charge in [0.15, 0.2) is 5.78 Å². The largest absolute Gasteiger partial charge is 0.497 e. The van der Waals surface area contributed by atoms with Crippen LogP contribution in [0.15, 0.2) is 18.2 Å². The van der Waals surface area contributed by atoms with Crippen molar-refractivity contribution in [1.29, 1.82) is 0 Å². The number of benzene rings is 1. The van der Waals surface area contributed by atoms with Crippen molar-refractivity contribution in [2.45, 2.75) is 6.92 Å². The van der Waals surface area contributed by atoms with E-state index in [9.17, 15) is 9.59 Å². The third-order valence-electron chi connectivity index (χ3n) is 2.48. The Morgan fingerprint density at radius 3 is 2.80 bits per heavy atom. The van der Waals surface area contributed by atoms with Gasteiger partial charge in [-0.25, -0.2) is 0 Å². The molecule has 0 fully saturated rings. The van der Waals surface area contributed by atoms with Crippen LogP contribution in [0.2, 0.25) is 0 Å². The number of rotatable bonds is 1. The molecule has 1 heterocycles. The maximum atomic E-state index is 11.5. The third kappa shape index (κ3) is 1.48. The van der Waals surface area contributed by atoms with Gasteiger partial charge >= 0.3 is 0 Å². The van der Waals surface area contributed by atoms with Crippen LogP contribution in [-0.2, 0) is 4.79 Å². The van der Waals surface area contributed by atoms with E-state index in [0.29, 0.717) is 17.0 Å². The van der Waals surface area contributed by atoms with E-state index >= 15 is 0 Å². The van der Waals surface area contributed by atoms with Gasteiger partial charge in [0.1, 0.15) is 5.75 Å². The van der Waals surface area contributed by atoms with Crippen molar-refractivity contribution >= 4 is 17.4 Å². The Kier molecular flexibility index (Phi) is 2.19. The standard InChI is InChI=1S/C11H11NO3/c1-7(13)12-6-11(14)9-4-3-8(15-2)5-10(9)12/h3-5H,6H2,1-2H3. The molecular formula is C11H11NO3. The second-order valence-corrected chi connectivity index (χ2v) is 3.41. The first kappa shape index (κ1) is 9.71. The first-order valence-electron chi connectivity index (χ1n) is 4.63. The Hall–Kier alpha value is -1.84. The number of nitrogens with zero attached hydrogens (tertiary/aromatic N) is 1. The topological polar surface area (TPSA) is 46.6 Å². The van der Waals surface area contributed by atoms with Crippen molar-refractivity contribution in [3.8, 4) is 5.75 Å². The smallest absolute Gasteiger partial charge is 0.224 e. The van der Waals surface area contributed by atoms with Crippen molar-refractivity contribution < 1.29 is 14.3 Å². The number of anilines is 1. The van der Waals surface area contributed by atoms with E-state index < -0.39 is 0 Å². The number of fused-ring (bicyclic) bond motifs is 1. The number of ketones is 1. The molecule has 0 bridgehead atoms. The molecule has 15 heavy (non-hydrogen) atoms. The molecule has 2 rings (SSSR count). The van der Waals surface area contributed by atoms with Crippen LogP contribution in [0.3, 0.4) is 0 Å².